The van der Waals surface area contributed by atoms with Gasteiger partial charge in [-0.05, 0) is 19.1 Å². The van der Waals surface area contributed by atoms with Crippen LogP contribution in [0.5, 0.6) is 0 Å². The third-order valence-corrected chi connectivity index (χ3v) is 3.41. The van der Waals surface area contributed by atoms with Crippen molar-refractivity contribution in [2.45, 2.75) is 6.92 Å². The van der Waals surface area contributed by atoms with Crippen molar-refractivity contribution in [3.05, 3.63) is 35.1 Å². The van der Waals surface area contributed by atoms with E-state index < -0.39 is 0 Å². The zero-order chi connectivity index (χ0) is 13.0. The van der Waals surface area contributed by atoms with E-state index in [0.29, 0.717) is 11.4 Å². The van der Waals surface area contributed by atoms with E-state index in [-0.39, 0.29) is 0 Å². The fraction of sp³-hybridized carbons (Fsp3) is 0.167. The highest BCUT2D eigenvalue weighted by molar-refractivity contribution is 7.17. The van der Waals surface area contributed by atoms with Gasteiger partial charge in [0.1, 0.15) is 18.2 Å². The summed E-state index contributed by atoms with van der Waals surface area (Å²) in [6, 6.07) is 5.80. The molecule has 0 unspecified atom stereocenters. The SMILES string of the molecule is CON=C(C)c1sc(-c2cccnc2)nc1C#N. The molecule has 2 aromatic heterocycles. The van der Waals surface area contributed by atoms with Crippen LogP contribution in [-0.4, -0.2) is 22.8 Å². The van der Waals surface area contributed by atoms with Crippen molar-refractivity contribution < 1.29 is 4.84 Å². The molecule has 90 valence electrons. The lowest BCUT2D eigenvalue weighted by Gasteiger charge is -1.94. The first kappa shape index (κ1) is 12.2. The summed E-state index contributed by atoms with van der Waals surface area (Å²) in [5.74, 6) is 0. The molecule has 0 aliphatic rings. The molecule has 0 saturated carbocycles. The van der Waals surface area contributed by atoms with Crippen LogP contribution < -0.4 is 0 Å². The Morgan fingerprint density at radius 3 is 3.00 bits per heavy atom. The summed E-state index contributed by atoms with van der Waals surface area (Å²) in [6.07, 6.45) is 3.41. The maximum atomic E-state index is 9.08. The van der Waals surface area contributed by atoms with Gasteiger partial charge in [0, 0.05) is 18.0 Å². The van der Waals surface area contributed by atoms with Crippen molar-refractivity contribution >= 4 is 17.0 Å². The zero-order valence-electron chi connectivity index (χ0n) is 9.91. The summed E-state index contributed by atoms with van der Waals surface area (Å²) in [5.41, 5.74) is 1.88. The maximum absolute atomic E-state index is 9.08. The van der Waals surface area contributed by atoms with Crippen LogP contribution in [0, 0.1) is 11.3 Å². The van der Waals surface area contributed by atoms with Gasteiger partial charge in [0.25, 0.3) is 0 Å². The first-order chi connectivity index (χ1) is 8.76. The molecule has 6 heteroatoms. The highest BCUT2D eigenvalue weighted by Crippen LogP contribution is 2.27. The van der Waals surface area contributed by atoms with Gasteiger partial charge in [-0.3, -0.25) is 4.98 Å². The maximum Gasteiger partial charge on any atom is 0.161 e. The molecule has 0 saturated heterocycles. The molecule has 0 atom stereocenters. The molecule has 0 aliphatic carbocycles. The van der Waals surface area contributed by atoms with Crippen LogP contribution in [0.1, 0.15) is 17.5 Å². The number of nitrogens with zero attached hydrogens (tertiary/aromatic N) is 4. The van der Waals surface area contributed by atoms with Gasteiger partial charge in [0.05, 0.1) is 10.6 Å². The van der Waals surface area contributed by atoms with E-state index in [4.69, 9.17) is 10.1 Å². The number of rotatable bonds is 3. The Labute approximate surface area is 108 Å². The van der Waals surface area contributed by atoms with Crippen LogP contribution in [0.3, 0.4) is 0 Å². The highest BCUT2D eigenvalue weighted by atomic mass is 32.1. The quantitative estimate of drug-likeness (QED) is 0.626. The minimum Gasteiger partial charge on any atom is -0.399 e. The Bertz CT molecular complexity index is 613. The number of hydrogen-bond donors (Lipinski definition) is 0. The summed E-state index contributed by atoms with van der Waals surface area (Å²) in [5, 5.41) is 13.7. The summed E-state index contributed by atoms with van der Waals surface area (Å²) in [4.78, 5) is 13.8. The van der Waals surface area contributed by atoms with Crippen LogP contribution in [0.2, 0.25) is 0 Å². The Kier molecular flexibility index (Phi) is 3.65. The minimum absolute atomic E-state index is 0.358. The Balaban J connectivity index is 2.49. The molecule has 0 amide bonds. The topological polar surface area (TPSA) is 71.2 Å². The van der Waals surface area contributed by atoms with Crippen LogP contribution in [0.4, 0.5) is 0 Å². The predicted molar refractivity (Wildman–Crippen MR) is 69.3 cm³/mol. The molecule has 0 radical (unpaired) electrons. The number of aromatic nitrogens is 2. The first-order valence-corrected chi connectivity index (χ1v) is 5.97. The summed E-state index contributed by atoms with van der Waals surface area (Å²) < 4.78 is 0. The third-order valence-electron chi connectivity index (χ3n) is 2.20. The van der Waals surface area contributed by atoms with Crippen molar-refractivity contribution in [2.24, 2.45) is 5.16 Å². The van der Waals surface area contributed by atoms with Gasteiger partial charge in [-0.25, -0.2) is 4.98 Å². The van der Waals surface area contributed by atoms with E-state index in [0.717, 1.165) is 15.4 Å². The minimum atomic E-state index is 0.358. The second-order valence-electron chi connectivity index (χ2n) is 3.41. The highest BCUT2D eigenvalue weighted by Gasteiger charge is 2.15. The lowest BCUT2D eigenvalue weighted by molar-refractivity contribution is 0.213. The Hall–Kier alpha value is -2.26. The third kappa shape index (κ3) is 2.36. The van der Waals surface area contributed by atoms with E-state index in [1.165, 1.54) is 18.4 Å². The van der Waals surface area contributed by atoms with Gasteiger partial charge in [0.15, 0.2) is 5.69 Å². The van der Waals surface area contributed by atoms with Gasteiger partial charge in [-0.1, -0.05) is 5.16 Å². The van der Waals surface area contributed by atoms with Crippen molar-refractivity contribution in [2.75, 3.05) is 7.11 Å². The Morgan fingerprint density at radius 2 is 2.39 bits per heavy atom. The number of pyridine rings is 1. The summed E-state index contributed by atoms with van der Waals surface area (Å²) in [7, 11) is 1.47. The van der Waals surface area contributed by atoms with Gasteiger partial charge in [0.2, 0.25) is 0 Å². The Morgan fingerprint density at radius 1 is 1.56 bits per heavy atom. The van der Waals surface area contributed by atoms with E-state index in [9.17, 15) is 0 Å². The smallest absolute Gasteiger partial charge is 0.161 e. The standard InChI is InChI=1S/C12H10N4OS/c1-8(16-17-2)11-10(6-13)15-12(18-11)9-4-3-5-14-7-9/h3-5,7H,1-2H3. The van der Waals surface area contributed by atoms with E-state index in [2.05, 4.69) is 21.2 Å². The number of oxime groups is 1. The predicted octanol–water partition coefficient (Wildman–Crippen LogP) is 2.45. The molecule has 0 aliphatic heterocycles. The molecule has 18 heavy (non-hydrogen) atoms. The number of thiazole rings is 1. The van der Waals surface area contributed by atoms with Crippen molar-refractivity contribution in [3.63, 3.8) is 0 Å². The largest absolute Gasteiger partial charge is 0.399 e. The van der Waals surface area contributed by atoms with E-state index >= 15 is 0 Å². The van der Waals surface area contributed by atoms with E-state index in [1.54, 1.807) is 19.3 Å². The second kappa shape index (κ2) is 5.38. The molecular weight excluding hydrogens is 248 g/mol. The van der Waals surface area contributed by atoms with Crippen LogP contribution in [0.25, 0.3) is 10.6 Å². The van der Waals surface area contributed by atoms with E-state index in [1.807, 2.05) is 12.1 Å². The number of nitriles is 1. The van der Waals surface area contributed by atoms with Gasteiger partial charge in [-0.2, -0.15) is 5.26 Å². The monoisotopic (exact) mass is 258 g/mol. The molecule has 5 nitrogen and oxygen atoms in total. The van der Waals surface area contributed by atoms with Gasteiger partial charge < -0.3 is 4.84 Å². The fourth-order valence-corrected chi connectivity index (χ4v) is 2.37. The fourth-order valence-electron chi connectivity index (χ4n) is 1.43. The van der Waals surface area contributed by atoms with Gasteiger partial charge in [-0.15, -0.1) is 11.3 Å². The first-order valence-electron chi connectivity index (χ1n) is 5.15. The lowest BCUT2D eigenvalue weighted by atomic mass is 10.3. The molecule has 0 aromatic carbocycles. The molecular formula is C12H10N4OS. The van der Waals surface area contributed by atoms with Crippen molar-refractivity contribution in [3.8, 4) is 16.6 Å². The molecule has 2 heterocycles. The van der Waals surface area contributed by atoms with Crippen LogP contribution in [0.15, 0.2) is 29.7 Å². The molecule has 2 rings (SSSR count). The number of hydrogen-bond acceptors (Lipinski definition) is 6. The molecule has 0 bridgehead atoms. The molecule has 0 N–H and O–H groups in total. The average Bonchev–Trinajstić information content (AvgIpc) is 2.84. The molecule has 0 fully saturated rings. The summed E-state index contributed by atoms with van der Waals surface area (Å²) in [6.45, 7) is 1.78. The van der Waals surface area contributed by atoms with Crippen molar-refractivity contribution in [1.29, 1.82) is 5.26 Å². The second-order valence-corrected chi connectivity index (χ2v) is 4.41. The molecule has 2 aromatic rings. The normalized spacial score (nSPS) is 11.1. The van der Waals surface area contributed by atoms with Crippen LogP contribution >= 0.6 is 11.3 Å². The lowest BCUT2D eigenvalue weighted by Crippen LogP contribution is -1.94. The average molecular weight is 258 g/mol. The molecule has 0 spiro atoms. The van der Waals surface area contributed by atoms with Crippen molar-refractivity contribution in [1.82, 2.24) is 9.97 Å². The van der Waals surface area contributed by atoms with Crippen LogP contribution in [-0.2, 0) is 4.84 Å². The zero-order valence-corrected chi connectivity index (χ0v) is 10.7. The summed E-state index contributed by atoms with van der Waals surface area (Å²) >= 11 is 1.40. The van der Waals surface area contributed by atoms with Gasteiger partial charge >= 0.3 is 0 Å².